The van der Waals surface area contributed by atoms with E-state index in [1.54, 1.807) is 31.2 Å². The molecule has 4 nitrogen and oxygen atoms in total. The van der Waals surface area contributed by atoms with E-state index in [0.717, 1.165) is 6.07 Å². The molecule has 3 aromatic carbocycles. The fourth-order valence-electron chi connectivity index (χ4n) is 2.34. The van der Waals surface area contributed by atoms with Gasteiger partial charge in [-0.3, -0.25) is 4.72 Å². The molecule has 0 atom stereocenters. The molecule has 0 aromatic heterocycles. The molecule has 0 radical (unpaired) electrons. The number of anilines is 1. The maximum atomic E-state index is 13.2. The van der Waals surface area contributed by atoms with Crippen LogP contribution in [-0.2, 0) is 10.0 Å². The van der Waals surface area contributed by atoms with Crippen LogP contribution >= 0.6 is 0 Å². The fourth-order valence-corrected chi connectivity index (χ4v) is 3.63. The summed E-state index contributed by atoms with van der Waals surface area (Å²) in [5.74, 6) is 0.809. The highest BCUT2D eigenvalue weighted by molar-refractivity contribution is 7.92. The number of nitrogens with one attached hydrogen (secondary N) is 1. The van der Waals surface area contributed by atoms with Gasteiger partial charge >= 0.3 is 0 Å². The van der Waals surface area contributed by atoms with Crippen LogP contribution in [0.3, 0.4) is 0 Å². The Bertz CT molecular complexity index is 971. The lowest BCUT2D eigenvalue weighted by molar-refractivity contribution is 0.483. The second-order valence-electron chi connectivity index (χ2n) is 5.45. The van der Waals surface area contributed by atoms with Crippen molar-refractivity contribution in [3.05, 3.63) is 84.2 Å². The van der Waals surface area contributed by atoms with Crippen LogP contribution in [0, 0.1) is 12.7 Å². The minimum Gasteiger partial charge on any atom is -0.457 e. The number of hydrogen-bond donors (Lipinski definition) is 1. The number of benzene rings is 3. The average molecular weight is 357 g/mol. The molecule has 1 N–H and O–H groups in total. The molecular weight excluding hydrogens is 341 g/mol. The highest BCUT2D eigenvalue weighted by Gasteiger charge is 2.17. The van der Waals surface area contributed by atoms with Gasteiger partial charge in [-0.2, -0.15) is 0 Å². The van der Waals surface area contributed by atoms with Gasteiger partial charge in [0.15, 0.2) is 0 Å². The normalized spacial score (nSPS) is 11.1. The van der Waals surface area contributed by atoms with Gasteiger partial charge in [0.25, 0.3) is 10.0 Å². The van der Waals surface area contributed by atoms with Gasteiger partial charge in [0.1, 0.15) is 17.3 Å². The molecule has 0 aliphatic carbocycles. The summed E-state index contributed by atoms with van der Waals surface area (Å²) in [6, 6.07) is 19.4. The van der Waals surface area contributed by atoms with Gasteiger partial charge < -0.3 is 4.74 Å². The molecule has 0 spiro atoms. The van der Waals surface area contributed by atoms with Crippen LogP contribution in [-0.4, -0.2) is 8.42 Å². The van der Waals surface area contributed by atoms with Crippen molar-refractivity contribution in [2.75, 3.05) is 4.72 Å². The Morgan fingerprint density at radius 2 is 1.52 bits per heavy atom. The third-order valence-electron chi connectivity index (χ3n) is 3.51. The molecule has 0 amide bonds. The topological polar surface area (TPSA) is 55.4 Å². The van der Waals surface area contributed by atoms with E-state index in [0.29, 0.717) is 22.7 Å². The molecule has 25 heavy (non-hydrogen) atoms. The van der Waals surface area contributed by atoms with Gasteiger partial charge in [-0.1, -0.05) is 18.2 Å². The van der Waals surface area contributed by atoms with Crippen molar-refractivity contribution in [3.8, 4) is 11.5 Å². The summed E-state index contributed by atoms with van der Waals surface area (Å²) in [4.78, 5) is 0.0403. The zero-order valence-corrected chi connectivity index (χ0v) is 14.3. The largest absolute Gasteiger partial charge is 0.457 e. The van der Waals surface area contributed by atoms with E-state index in [1.165, 1.54) is 12.1 Å². The van der Waals surface area contributed by atoms with E-state index in [2.05, 4.69) is 4.72 Å². The Balaban J connectivity index is 1.76. The molecule has 0 heterocycles. The lowest BCUT2D eigenvalue weighted by Crippen LogP contribution is -2.14. The lowest BCUT2D eigenvalue weighted by atomic mass is 10.2. The summed E-state index contributed by atoms with van der Waals surface area (Å²) < 4.78 is 46.2. The van der Waals surface area contributed by atoms with Crippen LogP contribution in [0.4, 0.5) is 10.1 Å². The molecular formula is C19H16FNO3S. The second kappa shape index (κ2) is 6.94. The summed E-state index contributed by atoms with van der Waals surface area (Å²) in [5.41, 5.74) is 0.737. The first-order valence-corrected chi connectivity index (χ1v) is 9.04. The smallest absolute Gasteiger partial charge is 0.262 e. The molecule has 0 fully saturated rings. The third kappa shape index (κ3) is 4.16. The van der Waals surface area contributed by atoms with Crippen LogP contribution in [0.5, 0.6) is 11.5 Å². The van der Waals surface area contributed by atoms with E-state index < -0.39 is 15.8 Å². The van der Waals surface area contributed by atoms with Gasteiger partial charge in [0, 0.05) is 5.69 Å². The molecule has 3 rings (SSSR count). The van der Waals surface area contributed by atoms with Crippen molar-refractivity contribution in [2.24, 2.45) is 0 Å². The van der Waals surface area contributed by atoms with E-state index in [9.17, 15) is 12.8 Å². The van der Waals surface area contributed by atoms with Gasteiger partial charge in [-0.25, -0.2) is 12.8 Å². The number of hydrogen-bond acceptors (Lipinski definition) is 3. The van der Waals surface area contributed by atoms with Crippen molar-refractivity contribution in [1.29, 1.82) is 0 Å². The number of aryl methyl sites for hydroxylation is 1. The van der Waals surface area contributed by atoms with Crippen LogP contribution in [0.15, 0.2) is 77.7 Å². The summed E-state index contributed by atoms with van der Waals surface area (Å²) in [6.45, 7) is 1.55. The molecule has 0 unspecified atom stereocenters. The third-order valence-corrected chi connectivity index (χ3v) is 5.05. The SMILES string of the molecule is Cc1cc(F)ccc1S(=O)(=O)Nc1ccc(Oc2ccccc2)cc1. The average Bonchev–Trinajstić information content (AvgIpc) is 2.57. The van der Waals surface area contributed by atoms with Gasteiger partial charge in [-0.15, -0.1) is 0 Å². The number of sulfonamides is 1. The second-order valence-corrected chi connectivity index (χ2v) is 7.11. The highest BCUT2D eigenvalue weighted by Crippen LogP contribution is 2.25. The molecule has 0 aliphatic heterocycles. The van der Waals surface area contributed by atoms with Gasteiger partial charge in [-0.05, 0) is 67.1 Å². The molecule has 3 aromatic rings. The Hall–Kier alpha value is -2.86. The van der Waals surface area contributed by atoms with Crippen molar-refractivity contribution in [2.45, 2.75) is 11.8 Å². The van der Waals surface area contributed by atoms with Gasteiger partial charge in [0.05, 0.1) is 4.90 Å². The molecule has 128 valence electrons. The van der Waals surface area contributed by atoms with E-state index in [1.807, 2.05) is 30.3 Å². The molecule has 0 saturated carbocycles. The van der Waals surface area contributed by atoms with Crippen molar-refractivity contribution < 1.29 is 17.5 Å². The van der Waals surface area contributed by atoms with Crippen LogP contribution in [0.1, 0.15) is 5.56 Å². The van der Waals surface area contributed by atoms with Crippen molar-refractivity contribution >= 4 is 15.7 Å². The van der Waals surface area contributed by atoms with E-state index in [4.69, 9.17) is 4.74 Å². The number of ether oxygens (including phenoxy) is 1. The highest BCUT2D eigenvalue weighted by atomic mass is 32.2. The molecule has 0 bridgehead atoms. The zero-order valence-electron chi connectivity index (χ0n) is 13.4. The zero-order chi connectivity index (χ0) is 17.9. The first-order chi connectivity index (χ1) is 11.9. The maximum Gasteiger partial charge on any atom is 0.262 e. The predicted octanol–water partition coefficient (Wildman–Crippen LogP) is 4.73. The minimum atomic E-state index is -3.79. The Labute approximate surface area is 146 Å². The summed E-state index contributed by atoms with van der Waals surface area (Å²) >= 11 is 0. The van der Waals surface area contributed by atoms with Crippen LogP contribution in [0.25, 0.3) is 0 Å². The monoisotopic (exact) mass is 357 g/mol. The summed E-state index contributed by atoms with van der Waals surface area (Å²) in [6.07, 6.45) is 0. The first kappa shape index (κ1) is 17.0. The number of halogens is 1. The first-order valence-electron chi connectivity index (χ1n) is 7.56. The Kier molecular flexibility index (Phi) is 4.72. The predicted molar refractivity (Wildman–Crippen MR) is 94.9 cm³/mol. The van der Waals surface area contributed by atoms with Crippen LogP contribution < -0.4 is 9.46 Å². The standard InChI is InChI=1S/C19H16FNO3S/c1-14-13-15(20)7-12-19(14)25(22,23)21-16-8-10-18(11-9-16)24-17-5-3-2-4-6-17/h2-13,21H,1H3. The Morgan fingerprint density at radius 3 is 2.16 bits per heavy atom. The van der Waals surface area contributed by atoms with Gasteiger partial charge in [0.2, 0.25) is 0 Å². The van der Waals surface area contributed by atoms with Crippen molar-refractivity contribution in [1.82, 2.24) is 0 Å². The van der Waals surface area contributed by atoms with Crippen LogP contribution in [0.2, 0.25) is 0 Å². The minimum absolute atomic E-state index is 0.0403. The fraction of sp³-hybridized carbons (Fsp3) is 0.0526. The summed E-state index contributed by atoms with van der Waals surface area (Å²) in [7, 11) is -3.79. The summed E-state index contributed by atoms with van der Waals surface area (Å²) in [5, 5.41) is 0. The maximum absolute atomic E-state index is 13.2. The number of para-hydroxylation sites is 1. The molecule has 0 aliphatic rings. The quantitative estimate of drug-likeness (QED) is 0.718. The number of rotatable bonds is 5. The lowest BCUT2D eigenvalue weighted by Gasteiger charge is -2.11. The van der Waals surface area contributed by atoms with Crippen molar-refractivity contribution in [3.63, 3.8) is 0 Å². The molecule has 6 heteroatoms. The Morgan fingerprint density at radius 1 is 0.880 bits per heavy atom. The molecule has 0 saturated heterocycles. The van der Waals surface area contributed by atoms with E-state index >= 15 is 0 Å². The van der Waals surface area contributed by atoms with E-state index in [-0.39, 0.29) is 4.90 Å².